The van der Waals surface area contributed by atoms with Gasteiger partial charge in [0.25, 0.3) is 0 Å². The highest BCUT2D eigenvalue weighted by Gasteiger charge is 2.25. The third kappa shape index (κ3) is 4.00. The van der Waals surface area contributed by atoms with E-state index in [1.54, 1.807) is 0 Å². The van der Waals surface area contributed by atoms with Gasteiger partial charge in [0.1, 0.15) is 0 Å². The first-order valence-electron chi connectivity index (χ1n) is 6.73. The van der Waals surface area contributed by atoms with Gasteiger partial charge in [-0.25, -0.2) is 4.98 Å². The highest BCUT2D eigenvalue weighted by Crippen LogP contribution is 2.32. The highest BCUT2D eigenvalue weighted by atomic mass is 32.2. The minimum Gasteiger partial charge on any atom is -0.481 e. The van der Waals surface area contributed by atoms with E-state index in [9.17, 15) is 4.79 Å². The molecule has 0 saturated carbocycles. The van der Waals surface area contributed by atoms with Crippen molar-refractivity contribution in [1.82, 2.24) is 9.55 Å². The van der Waals surface area contributed by atoms with Crippen LogP contribution in [0, 0.1) is 0 Å². The zero-order valence-corrected chi connectivity index (χ0v) is 13.3. The Morgan fingerprint density at radius 2 is 2.00 bits per heavy atom. The van der Waals surface area contributed by atoms with Crippen molar-refractivity contribution >= 4 is 17.7 Å². The molecule has 1 aromatic rings. The van der Waals surface area contributed by atoms with Gasteiger partial charge >= 0.3 is 5.97 Å². The summed E-state index contributed by atoms with van der Waals surface area (Å²) < 4.78 is 2.23. The van der Waals surface area contributed by atoms with Crippen LogP contribution in [0.2, 0.25) is 0 Å². The third-order valence-electron chi connectivity index (χ3n) is 3.16. The van der Waals surface area contributed by atoms with E-state index in [-0.39, 0.29) is 11.2 Å². The summed E-state index contributed by atoms with van der Waals surface area (Å²) in [6, 6.07) is 0.382. The van der Waals surface area contributed by atoms with Gasteiger partial charge in [-0.15, -0.1) is 0 Å². The van der Waals surface area contributed by atoms with Crippen molar-refractivity contribution in [2.45, 2.75) is 64.1 Å². The zero-order chi connectivity index (χ0) is 14.6. The normalized spacial score (nSPS) is 12.1. The molecule has 0 unspecified atom stereocenters. The first kappa shape index (κ1) is 16.1. The maximum Gasteiger partial charge on any atom is 0.313 e. The Bertz CT molecular complexity index is 431. The predicted molar refractivity (Wildman–Crippen MR) is 78.9 cm³/mol. The van der Waals surface area contributed by atoms with Crippen LogP contribution in [-0.2, 0) is 10.2 Å². The first-order chi connectivity index (χ1) is 8.81. The fraction of sp³-hybridized carbons (Fsp3) is 0.714. The maximum absolute atomic E-state index is 10.7. The Balaban J connectivity index is 3.17. The van der Waals surface area contributed by atoms with Crippen molar-refractivity contribution in [3.05, 3.63) is 11.9 Å². The average molecular weight is 284 g/mol. The van der Waals surface area contributed by atoms with Gasteiger partial charge in [-0.1, -0.05) is 46.4 Å². The van der Waals surface area contributed by atoms with Gasteiger partial charge in [-0.3, -0.25) is 4.79 Å². The molecule has 0 amide bonds. The Labute approximate surface area is 119 Å². The molecule has 0 aliphatic carbocycles. The average Bonchev–Trinajstić information content (AvgIpc) is 2.72. The summed E-state index contributed by atoms with van der Waals surface area (Å²) >= 11 is 1.30. The van der Waals surface area contributed by atoms with E-state index < -0.39 is 5.97 Å². The van der Waals surface area contributed by atoms with E-state index in [1.165, 1.54) is 17.5 Å². The summed E-state index contributed by atoms with van der Waals surface area (Å²) in [5.74, 6) is -0.748. The second-order valence-corrected chi connectivity index (χ2v) is 6.64. The molecule has 0 aromatic carbocycles. The van der Waals surface area contributed by atoms with E-state index in [1.807, 2.05) is 6.20 Å². The van der Waals surface area contributed by atoms with Crippen molar-refractivity contribution in [3.8, 4) is 0 Å². The third-order valence-corrected chi connectivity index (χ3v) is 4.12. The molecule has 0 fully saturated rings. The summed E-state index contributed by atoms with van der Waals surface area (Å²) in [4.78, 5) is 15.2. The summed E-state index contributed by atoms with van der Waals surface area (Å²) in [7, 11) is 0. The molecule has 0 aliphatic rings. The van der Waals surface area contributed by atoms with Crippen LogP contribution >= 0.6 is 11.8 Å². The molecule has 0 bridgehead atoms. The van der Waals surface area contributed by atoms with E-state index in [0.29, 0.717) is 6.04 Å². The number of aromatic nitrogens is 2. The van der Waals surface area contributed by atoms with Crippen LogP contribution in [0.1, 0.15) is 59.2 Å². The van der Waals surface area contributed by atoms with Gasteiger partial charge in [0.05, 0.1) is 5.75 Å². The maximum atomic E-state index is 10.7. The number of thioether (sulfide) groups is 1. The fourth-order valence-corrected chi connectivity index (χ4v) is 2.90. The molecular formula is C14H24N2O2S. The Kier molecular flexibility index (Phi) is 5.47. The minimum atomic E-state index is -0.804. The van der Waals surface area contributed by atoms with Crippen LogP contribution in [0.4, 0.5) is 0 Å². The number of carboxylic acid groups (broad SMARTS) is 1. The van der Waals surface area contributed by atoms with Crippen molar-refractivity contribution in [3.63, 3.8) is 0 Å². The van der Waals surface area contributed by atoms with Crippen molar-refractivity contribution in [2.24, 2.45) is 0 Å². The van der Waals surface area contributed by atoms with Gasteiger partial charge in [-0.2, -0.15) is 0 Å². The smallest absolute Gasteiger partial charge is 0.313 e. The molecule has 0 aliphatic heterocycles. The lowest BCUT2D eigenvalue weighted by molar-refractivity contribution is -0.133. The largest absolute Gasteiger partial charge is 0.481 e. The van der Waals surface area contributed by atoms with Crippen molar-refractivity contribution < 1.29 is 9.90 Å². The monoisotopic (exact) mass is 284 g/mol. The SMILES string of the molecule is CCC(CC)n1c(C(C)(C)C)cnc1SCC(=O)O. The Morgan fingerprint density at radius 3 is 2.42 bits per heavy atom. The number of carboxylic acids is 1. The Hall–Kier alpha value is -0.970. The number of hydrogen-bond donors (Lipinski definition) is 1. The predicted octanol–water partition coefficient (Wildman–Crippen LogP) is 3.72. The molecule has 0 atom stereocenters. The number of rotatable bonds is 6. The van der Waals surface area contributed by atoms with Gasteiger partial charge in [0.2, 0.25) is 0 Å². The molecule has 0 saturated heterocycles. The molecule has 108 valence electrons. The summed E-state index contributed by atoms with van der Waals surface area (Å²) in [6.07, 6.45) is 3.94. The Morgan fingerprint density at radius 1 is 1.42 bits per heavy atom. The second-order valence-electron chi connectivity index (χ2n) is 5.70. The van der Waals surface area contributed by atoms with Gasteiger partial charge in [-0.05, 0) is 12.8 Å². The number of aliphatic carboxylic acids is 1. The molecule has 19 heavy (non-hydrogen) atoms. The lowest BCUT2D eigenvalue weighted by Gasteiger charge is -2.26. The van der Waals surface area contributed by atoms with Gasteiger partial charge in [0.15, 0.2) is 5.16 Å². The molecule has 1 aromatic heterocycles. The lowest BCUT2D eigenvalue weighted by atomic mass is 9.92. The van der Waals surface area contributed by atoms with Crippen LogP contribution in [-0.4, -0.2) is 26.4 Å². The fourth-order valence-electron chi connectivity index (χ4n) is 2.14. The van der Waals surface area contributed by atoms with Gasteiger partial charge in [0, 0.05) is 23.3 Å². The molecule has 1 rings (SSSR count). The lowest BCUT2D eigenvalue weighted by Crippen LogP contribution is -2.21. The van der Waals surface area contributed by atoms with E-state index in [2.05, 4.69) is 44.2 Å². The number of imidazole rings is 1. The minimum absolute atomic E-state index is 0.0115. The second kappa shape index (κ2) is 6.46. The number of nitrogens with zero attached hydrogens (tertiary/aromatic N) is 2. The molecule has 1 heterocycles. The molecule has 0 spiro atoms. The molecule has 0 radical (unpaired) electrons. The van der Waals surface area contributed by atoms with Crippen LogP contribution in [0.15, 0.2) is 11.4 Å². The highest BCUT2D eigenvalue weighted by molar-refractivity contribution is 7.99. The van der Waals surface area contributed by atoms with E-state index >= 15 is 0 Å². The van der Waals surface area contributed by atoms with Crippen LogP contribution in [0.5, 0.6) is 0 Å². The molecule has 5 heteroatoms. The molecule has 4 nitrogen and oxygen atoms in total. The van der Waals surface area contributed by atoms with Crippen molar-refractivity contribution in [1.29, 1.82) is 0 Å². The number of hydrogen-bond acceptors (Lipinski definition) is 3. The van der Waals surface area contributed by atoms with E-state index in [4.69, 9.17) is 5.11 Å². The van der Waals surface area contributed by atoms with E-state index in [0.717, 1.165) is 18.0 Å². The quantitative estimate of drug-likeness (QED) is 0.809. The topological polar surface area (TPSA) is 55.1 Å². The first-order valence-corrected chi connectivity index (χ1v) is 7.72. The standard InChI is InChI=1S/C14H24N2O2S/c1-6-10(7-2)16-11(14(3,4)5)8-15-13(16)19-9-12(17)18/h8,10H,6-7,9H2,1-5H3,(H,17,18). The number of carbonyl (C=O) groups is 1. The van der Waals surface area contributed by atoms with Crippen LogP contribution in [0.3, 0.4) is 0 Å². The van der Waals surface area contributed by atoms with Crippen LogP contribution in [0.25, 0.3) is 0 Å². The summed E-state index contributed by atoms with van der Waals surface area (Å²) in [5, 5.41) is 9.65. The van der Waals surface area contributed by atoms with Crippen LogP contribution < -0.4 is 0 Å². The molecule has 1 N–H and O–H groups in total. The molecular weight excluding hydrogens is 260 g/mol. The van der Waals surface area contributed by atoms with Crippen molar-refractivity contribution in [2.75, 3.05) is 5.75 Å². The zero-order valence-electron chi connectivity index (χ0n) is 12.4. The van der Waals surface area contributed by atoms with Gasteiger partial charge < -0.3 is 9.67 Å². The summed E-state index contributed by atoms with van der Waals surface area (Å²) in [6.45, 7) is 10.8. The summed E-state index contributed by atoms with van der Waals surface area (Å²) in [5.41, 5.74) is 1.19.